The summed E-state index contributed by atoms with van der Waals surface area (Å²) in [6, 6.07) is 18.2. The molecular weight excluding hydrogens is 344 g/mol. The fourth-order valence-corrected chi connectivity index (χ4v) is 4.33. The van der Waals surface area contributed by atoms with Crippen molar-refractivity contribution in [2.45, 2.75) is 24.7 Å². The van der Waals surface area contributed by atoms with Gasteiger partial charge in [0, 0.05) is 6.92 Å². The Labute approximate surface area is 155 Å². The van der Waals surface area contributed by atoms with Gasteiger partial charge in [0.15, 0.2) is 11.5 Å². The number of ether oxygens (including phenoxy) is 2. The Hall–Kier alpha value is -3.60. The van der Waals surface area contributed by atoms with Crippen LogP contribution in [0.15, 0.2) is 53.1 Å². The Balaban J connectivity index is 2.06. The van der Waals surface area contributed by atoms with Gasteiger partial charge >= 0.3 is 0 Å². The van der Waals surface area contributed by atoms with Crippen molar-refractivity contribution in [2.75, 3.05) is 0 Å². The van der Waals surface area contributed by atoms with Crippen LogP contribution in [0.2, 0.25) is 0 Å². The zero-order chi connectivity index (χ0) is 19.3. The fourth-order valence-electron chi connectivity index (χ4n) is 4.33. The van der Waals surface area contributed by atoms with Crippen LogP contribution in [0.1, 0.15) is 30.3 Å². The number of fused-ring (bicyclic) bond motifs is 2. The molecule has 2 fully saturated rings. The van der Waals surface area contributed by atoms with E-state index in [-0.39, 0.29) is 5.76 Å². The zero-order valence-electron chi connectivity index (χ0n) is 14.3. The number of furan rings is 1. The Kier molecular flexibility index (Phi) is 3.40. The molecule has 2 aliphatic rings. The topological polar surface area (TPSA) is 127 Å². The van der Waals surface area contributed by atoms with Crippen LogP contribution in [0.5, 0.6) is 0 Å². The van der Waals surface area contributed by atoms with E-state index in [1.165, 1.54) is 6.26 Å². The van der Waals surface area contributed by atoms with E-state index in [2.05, 4.69) is 6.07 Å². The summed E-state index contributed by atoms with van der Waals surface area (Å²) in [5, 5.41) is 38.9. The number of rotatable bonds is 2. The van der Waals surface area contributed by atoms with E-state index in [1.807, 2.05) is 18.2 Å². The number of hydrogen-bond donors (Lipinski definition) is 1. The van der Waals surface area contributed by atoms with Gasteiger partial charge in [0.05, 0.1) is 30.4 Å². The number of benzene rings is 1. The molecule has 3 heterocycles. The molecule has 1 aromatic carbocycles. The maximum Gasteiger partial charge on any atom is 0.219 e. The summed E-state index contributed by atoms with van der Waals surface area (Å²) in [5.74, 6) is -2.47. The molecule has 1 N–H and O–H groups in total. The van der Waals surface area contributed by atoms with Crippen LogP contribution in [0, 0.1) is 50.2 Å². The summed E-state index contributed by atoms with van der Waals surface area (Å²) in [5.41, 5.74) is -3.24. The summed E-state index contributed by atoms with van der Waals surface area (Å²) in [4.78, 5) is 0. The first-order valence-electron chi connectivity index (χ1n) is 8.27. The first-order chi connectivity index (χ1) is 13.0. The van der Waals surface area contributed by atoms with Crippen LogP contribution in [0.25, 0.3) is 0 Å². The Morgan fingerprint density at radius 3 is 2.26 bits per heavy atom. The van der Waals surface area contributed by atoms with Gasteiger partial charge in [-0.3, -0.25) is 5.41 Å². The van der Waals surface area contributed by atoms with E-state index in [0.717, 1.165) is 0 Å². The van der Waals surface area contributed by atoms with Crippen molar-refractivity contribution in [3.05, 3.63) is 60.1 Å². The molecule has 1 aromatic heterocycles. The minimum absolute atomic E-state index is 0.230. The lowest BCUT2D eigenvalue weighted by molar-refractivity contribution is -0.257. The van der Waals surface area contributed by atoms with E-state index < -0.39 is 34.5 Å². The van der Waals surface area contributed by atoms with Crippen molar-refractivity contribution in [1.82, 2.24) is 0 Å². The quantitative estimate of drug-likeness (QED) is 0.876. The summed E-state index contributed by atoms with van der Waals surface area (Å²) in [6.07, 6.45) is 0.215. The molecule has 7 nitrogen and oxygen atoms in total. The second-order valence-corrected chi connectivity index (χ2v) is 6.76. The Morgan fingerprint density at radius 2 is 1.70 bits per heavy atom. The molecule has 4 rings (SSSR count). The number of hydrogen-bond acceptors (Lipinski definition) is 7. The van der Waals surface area contributed by atoms with E-state index >= 15 is 0 Å². The third-order valence-corrected chi connectivity index (χ3v) is 5.45. The van der Waals surface area contributed by atoms with Crippen molar-refractivity contribution >= 4 is 5.90 Å². The second-order valence-electron chi connectivity index (χ2n) is 6.76. The predicted octanol–water partition coefficient (Wildman–Crippen LogP) is 3.40. The van der Waals surface area contributed by atoms with Crippen LogP contribution < -0.4 is 0 Å². The smallest absolute Gasteiger partial charge is 0.219 e. The fraction of sp³-hybridized carbons (Fsp3) is 0.300. The first kappa shape index (κ1) is 16.8. The lowest BCUT2D eigenvalue weighted by atomic mass is 9.53. The predicted molar refractivity (Wildman–Crippen MR) is 90.6 cm³/mol. The van der Waals surface area contributed by atoms with E-state index in [9.17, 15) is 15.8 Å². The molecule has 2 saturated heterocycles. The molecule has 0 spiro atoms. The molecular formula is C20H14N4O3. The summed E-state index contributed by atoms with van der Waals surface area (Å²) < 4.78 is 17.2. The van der Waals surface area contributed by atoms with Crippen molar-refractivity contribution in [3.63, 3.8) is 0 Å². The standard InChI is InChI=1S/C20H14N4O3/c1-18-15(13-6-3-2-4-7-13)20(12-23,17(24)27-18)19(10-21,11-22)16(26-18)14-8-5-9-25-14/h2-9,15-16,24H,1H3/t15-,16-,18+,20-/m1/s1. The third-order valence-electron chi connectivity index (χ3n) is 5.45. The maximum absolute atomic E-state index is 10.2. The van der Waals surface area contributed by atoms with Gasteiger partial charge in [0.25, 0.3) is 0 Å². The number of nitriles is 3. The van der Waals surface area contributed by atoms with E-state index in [0.29, 0.717) is 5.56 Å². The lowest BCUT2D eigenvalue weighted by Crippen LogP contribution is -2.57. The normalized spacial score (nSPS) is 33.3. The van der Waals surface area contributed by atoms with Gasteiger partial charge < -0.3 is 13.9 Å². The summed E-state index contributed by atoms with van der Waals surface area (Å²) >= 11 is 0. The Morgan fingerprint density at radius 1 is 1.00 bits per heavy atom. The molecule has 0 amide bonds. The highest BCUT2D eigenvalue weighted by Crippen LogP contribution is 2.69. The second kappa shape index (κ2) is 5.45. The Bertz CT molecular complexity index is 1010. The molecule has 2 aliphatic heterocycles. The molecule has 27 heavy (non-hydrogen) atoms. The molecule has 7 heteroatoms. The van der Waals surface area contributed by atoms with Crippen molar-refractivity contribution in [2.24, 2.45) is 10.8 Å². The van der Waals surface area contributed by atoms with Gasteiger partial charge in [-0.05, 0) is 17.7 Å². The van der Waals surface area contributed by atoms with Crippen LogP contribution >= 0.6 is 0 Å². The van der Waals surface area contributed by atoms with Crippen molar-refractivity contribution in [1.29, 1.82) is 21.2 Å². The molecule has 0 aliphatic carbocycles. The van der Waals surface area contributed by atoms with Crippen molar-refractivity contribution in [3.8, 4) is 18.2 Å². The molecule has 2 bridgehead atoms. The minimum Gasteiger partial charge on any atom is -0.466 e. The molecule has 4 atom stereocenters. The molecule has 132 valence electrons. The number of nitrogens with one attached hydrogen (secondary N) is 1. The lowest BCUT2D eigenvalue weighted by Gasteiger charge is -2.48. The van der Waals surface area contributed by atoms with Gasteiger partial charge in [-0.25, -0.2) is 0 Å². The zero-order valence-corrected chi connectivity index (χ0v) is 14.3. The van der Waals surface area contributed by atoms with Crippen LogP contribution in [-0.2, 0) is 9.47 Å². The molecule has 0 radical (unpaired) electrons. The van der Waals surface area contributed by atoms with E-state index in [4.69, 9.17) is 19.3 Å². The third kappa shape index (κ3) is 1.83. The molecule has 2 aromatic rings. The summed E-state index contributed by atoms with van der Waals surface area (Å²) in [6.45, 7) is 1.62. The molecule has 0 saturated carbocycles. The van der Waals surface area contributed by atoms with E-state index in [1.54, 1.807) is 43.3 Å². The first-order valence-corrected chi connectivity index (χ1v) is 8.27. The summed E-state index contributed by atoms with van der Waals surface area (Å²) in [7, 11) is 0. The highest BCUT2D eigenvalue weighted by Gasteiger charge is 2.80. The average molecular weight is 358 g/mol. The molecule has 0 unspecified atom stereocenters. The van der Waals surface area contributed by atoms with Gasteiger partial charge in [-0.1, -0.05) is 30.3 Å². The highest BCUT2D eigenvalue weighted by atomic mass is 16.7. The van der Waals surface area contributed by atoms with Gasteiger partial charge in [0.1, 0.15) is 5.76 Å². The average Bonchev–Trinajstić information content (AvgIpc) is 3.27. The van der Waals surface area contributed by atoms with Gasteiger partial charge in [-0.2, -0.15) is 15.8 Å². The monoisotopic (exact) mass is 358 g/mol. The van der Waals surface area contributed by atoms with Gasteiger partial charge in [-0.15, -0.1) is 0 Å². The van der Waals surface area contributed by atoms with Crippen LogP contribution in [0.4, 0.5) is 0 Å². The number of nitrogens with zero attached hydrogens (tertiary/aromatic N) is 3. The van der Waals surface area contributed by atoms with Gasteiger partial charge in [0.2, 0.25) is 17.1 Å². The SMILES string of the molecule is C[C@]12OC(=N)[C@@](C#N)([C@@H]1c1ccccc1)C(C#N)(C#N)[C@@H](c1ccco1)O2. The van der Waals surface area contributed by atoms with Crippen LogP contribution in [-0.4, -0.2) is 11.7 Å². The largest absolute Gasteiger partial charge is 0.466 e. The highest BCUT2D eigenvalue weighted by molar-refractivity contribution is 5.90. The van der Waals surface area contributed by atoms with Crippen molar-refractivity contribution < 1.29 is 13.9 Å². The maximum atomic E-state index is 10.2. The van der Waals surface area contributed by atoms with Crippen LogP contribution in [0.3, 0.4) is 0 Å². The minimum atomic E-state index is -2.03.